The van der Waals surface area contributed by atoms with Gasteiger partial charge in [-0.25, -0.2) is 0 Å². The monoisotopic (exact) mass is 230 g/mol. The maximum Gasteiger partial charge on any atom is 0.243 e. The highest BCUT2D eigenvalue weighted by atomic mass is 16.5. The number of rotatable bonds is 6. The largest absolute Gasteiger partial charge is 0.389 e. The Kier molecular flexibility index (Phi) is 5.37. The lowest BCUT2D eigenvalue weighted by molar-refractivity contribution is -0.134. The average Bonchev–Trinajstić information content (AvgIpc) is 2.25. The van der Waals surface area contributed by atoms with Crippen molar-refractivity contribution < 1.29 is 19.4 Å². The summed E-state index contributed by atoms with van der Waals surface area (Å²) in [6.07, 6.45) is 0.183. The third kappa shape index (κ3) is 4.26. The second kappa shape index (κ2) is 6.57. The van der Waals surface area contributed by atoms with Crippen molar-refractivity contribution >= 4 is 11.8 Å². The summed E-state index contributed by atoms with van der Waals surface area (Å²) >= 11 is 0. The van der Waals surface area contributed by atoms with Crippen molar-refractivity contribution in [2.75, 3.05) is 19.8 Å². The van der Waals surface area contributed by atoms with E-state index in [9.17, 15) is 14.7 Å². The Hall–Kier alpha value is -0.980. The van der Waals surface area contributed by atoms with E-state index in [2.05, 4.69) is 10.6 Å². The maximum atomic E-state index is 11.3. The molecule has 6 heteroatoms. The highest BCUT2D eigenvalue weighted by Crippen LogP contribution is 2.03. The normalized spacial score (nSPS) is 23.0. The van der Waals surface area contributed by atoms with Crippen LogP contribution in [-0.4, -0.2) is 48.8 Å². The van der Waals surface area contributed by atoms with Crippen LogP contribution in [0.1, 0.15) is 19.8 Å². The van der Waals surface area contributed by atoms with Gasteiger partial charge < -0.3 is 15.2 Å². The van der Waals surface area contributed by atoms with Crippen LogP contribution in [0.3, 0.4) is 0 Å². The number of aliphatic hydroxyl groups is 1. The van der Waals surface area contributed by atoms with E-state index in [1.54, 1.807) is 0 Å². The van der Waals surface area contributed by atoms with E-state index in [-0.39, 0.29) is 25.0 Å². The molecule has 0 aromatic carbocycles. The molecule has 0 spiro atoms. The minimum absolute atomic E-state index is 0.238. The van der Waals surface area contributed by atoms with E-state index in [4.69, 9.17) is 4.74 Å². The quantitative estimate of drug-likeness (QED) is 0.498. The van der Waals surface area contributed by atoms with E-state index in [0.29, 0.717) is 19.4 Å². The molecular weight excluding hydrogens is 212 g/mol. The molecular formula is C10H18N2O4. The molecule has 1 heterocycles. The van der Waals surface area contributed by atoms with Crippen molar-refractivity contribution in [3.8, 4) is 0 Å². The molecule has 0 radical (unpaired) electrons. The van der Waals surface area contributed by atoms with E-state index in [1.807, 2.05) is 6.92 Å². The zero-order valence-electron chi connectivity index (χ0n) is 9.36. The third-order valence-electron chi connectivity index (χ3n) is 2.35. The first-order valence-electron chi connectivity index (χ1n) is 5.46. The summed E-state index contributed by atoms with van der Waals surface area (Å²) in [5.74, 6) is -0.558. The molecule has 0 saturated carbocycles. The van der Waals surface area contributed by atoms with Gasteiger partial charge in [-0.15, -0.1) is 0 Å². The summed E-state index contributed by atoms with van der Waals surface area (Å²) in [6.45, 7) is 2.93. The molecule has 0 aromatic rings. The molecule has 16 heavy (non-hydrogen) atoms. The number of amides is 2. The van der Waals surface area contributed by atoms with Gasteiger partial charge in [0.25, 0.3) is 0 Å². The molecule has 1 aliphatic heterocycles. The number of piperidine rings is 1. The number of carbonyl (C=O) groups excluding carboxylic acids is 2. The number of hydrogen-bond acceptors (Lipinski definition) is 5. The van der Waals surface area contributed by atoms with Gasteiger partial charge in [0, 0.05) is 19.6 Å². The van der Waals surface area contributed by atoms with E-state index < -0.39 is 12.1 Å². The summed E-state index contributed by atoms with van der Waals surface area (Å²) in [7, 11) is 0. The smallest absolute Gasteiger partial charge is 0.243 e. The topological polar surface area (TPSA) is 87.7 Å². The van der Waals surface area contributed by atoms with Gasteiger partial charge in [-0.3, -0.25) is 14.9 Å². The van der Waals surface area contributed by atoms with E-state index in [1.165, 1.54) is 0 Å². The molecule has 3 N–H and O–H groups in total. The van der Waals surface area contributed by atoms with Crippen molar-refractivity contribution in [3.63, 3.8) is 0 Å². The number of aliphatic hydroxyl groups excluding tert-OH is 1. The van der Waals surface area contributed by atoms with Crippen molar-refractivity contribution in [3.05, 3.63) is 0 Å². The first-order valence-corrected chi connectivity index (χ1v) is 5.46. The van der Waals surface area contributed by atoms with Crippen LogP contribution in [-0.2, 0) is 14.3 Å². The Balaban J connectivity index is 2.21. The Morgan fingerprint density at radius 2 is 2.38 bits per heavy atom. The van der Waals surface area contributed by atoms with Gasteiger partial charge in [0.05, 0.1) is 18.8 Å². The molecule has 0 aromatic heterocycles. The van der Waals surface area contributed by atoms with E-state index >= 15 is 0 Å². The number of carbonyl (C=O) groups is 2. The summed E-state index contributed by atoms with van der Waals surface area (Å²) < 4.78 is 5.03. The predicted molar refractivity (Wildman–Crippen MR) is 56.7 cm³/mol. The molecule has 2 amide bonds. The molecule has 1 aliphatic rings. The number of ether oxygens (including phenoxy) is 1. The second-order valence-corrected chi connectivity index (χ2v) is 3.73. The van der Waals surface area contributed by atoms with Crippen molar-refractivity contribution in [1.29, 1.82) is 0 Å². The molecule has 2 unspecified atom stereocenters. The standard InChI is InChI=1S/C10H18N2O4/c1-2-16-6-7(13)5-11-8-3-4-9(14)12-10(8)15/h7-8,11,13H,2-6H2,1H3,(H,12,14,15). The highest BCUT2D eigenvalue weighted by molar-refractivity contribution is 6.00. The lowest BCUT2D eigenvalue weighted by Gasteiger charge is -2.23. The van der Waals surface area contributed by atoms with Crippen LogP contribution < -0.4 is 10.6 Å². The fourth-order valence-corrected chi connectivity index (χ4v) is 1.48. The van der Waals surface area contributed by atoms with Crippen LogP contribution in [0, 0.1) is 0 Å². The van der Waals surface area contributed by atoms with Crippen molar-refractivity contribution in [2.24, 2.45) is 0 Å². The van der Waals surface area contributed by atoms with Gasteiger partial charge in [-0.05, 0) is 13.3 Å². The summed E-state index contributed by atoms with van der Waals surface area (Å²) in [5, 5.41) is 14.6. The van der Waals surface area contributed by atoms with Gasteiger partial charge in [0.15, 0.2) is 0 Å². The van der Waals surface area contributed by atoms with Crippen LogP contribution in [0.25, 0.3) is 0 Å². The molecule has 2 atom stereocenters. The molecule has 1 fully saturated rings. The summed E-state index contributed by atoms with van der Waals surface area (Å²) in [6, 6.07) is -0.394. The number of hydrogen-bond donors (Lipinski definition) is 3. The number of nitrogens with one attached hydrogen (secondary N) is 2. The Morgan fingerprint density at radius 1 is 1.62 bits per heavy atom. The van der Waals surface area contributed by atoms with Crippen LogP contribution in [0.2, 0.25) is 0 Å². The fraction of sp³-hybridized carbons (Fsp3) is 0.800. The highest BCUT2D eigenvalue weighted by Gasteiger charge is 2.26. The summed E-state index contributed by atoms with van der Waals surface area (Å²) in [4.78, 5) is 22.2. The van der Waals surface area contributed by atoms with Crippen LogP contribution >= 0.6 is 0 Å². The van der Waals surface area contributed by atoms with Gasteiger partial charge in [-0.2, -0.15) is 0 Å². The summed E-state index contributed by atoms with van der Waals surface area (Å²) in [5.41, 5.74) is 0. The minimum atomic E-state index is -0.634. The molecule has 0 bridgehead atoms. The maximum absolute atomic E-state index is 11.3. The van der Waals surface area contributed by atoms with Crippen molar-refractivity contribution in [2.45, 2.75) is 31.9 Å². The SMILES string of the molecule is CCOCC(O)CNC1CCC(=O)NC1=O. The predicted octanol–water partition coefficient (Wildman–Crippen LogP) is -1.22. The molecule has 6 nitrogen and oxygen atoms in total. The van der Waals surface area contributed by atoms with Gasteiger partial charge in [0.1, 0.15) is 0 Å². The Bertz CT molecular complexity index is 257. The van der Waals surface area contributed by atoms with Gasteiger partial charge in [-0.1, -0.05) is 0 Å². The van der Waals surface area contributed by atoms with Crippen molar-refractivity contribution in [1.82, 2.24) is 10.6 Å². The van der Waals surface area contributed by atoms with Crippen LogP contribution in [0.4, 0.5) is 0 Å². The lowest BCUT2D eigenvalue weighted by atomic mass is 10.1. The molecule has 1 saturated heterocycles. The molecule has 92 valence electrons. The zero-order chi connectivity index (χ0) is 12.0. The molecule has 1 rings (SSSR count). The van der Waals surface area contributed by atoms with E-state index in [0.717, 1.165) is 0 Å². The Labute approximate surface area is 94.3 Å². The van der Waals surface area contributed by atoms with Gasteiger partial charge in [0.2, 0.25) is 11.8 Å². The van der Waals surface area contributed by atoms with Crippen LogP contribution in [0.5, 0.6) is 0 Å². The molecule has 0 aliphatic carbocycles. The lowest BCUT2D eigenvalue weighted by Crippen LogP contribution is -2.52. The Morgan fingerprint density at radius 3 is 3.00 bits per heavy atom. The number of imide groups is 1. The third-order valence-corrected chi connectivity index (χ3v) is 2.35. The fourth-order valence-electron chi connectivity index (χ4n) is 1.48. The zero-order valence-corrected chi connectivity index (χ0v) is 9.36. The second-order valence-electron chi connectivity index (χ2n) is 3.73. The first kappa shape index (κ1) is 13.1. The van der Waals surface area contributed by atoms with Gasteiger partial charge >= 0.3 is 0 Å². The average molecular weight is 230 g/mol. The van der Waals surface area contributed by atoms with Crippen LogP contribution in [0.15, 0.2) is 0 Å². The minimum Gasteiger partial charge on any atom is -0.389 e. The first-order chi connectivity index (χ1) is 7.63.